The van der Waals surface area contributed by atoms with E-state index in [1.54, 1.807) is 12.1 Å². The molecule has 2 aliphatic carbocycles. The molecular weight excluding hydrogens is 556 g/mol. The lowest BCUT2D eigenvalue weighted by Crippen LogP contribution is -2.39. The smallest absolute Gasteiger partial charge is 0.248 e. The molecule has 3 aromatic rings. The quantitative estimate of drug-likeness (QED) is 0.196. The minimum Gasteiger partial charge on any atom is -0.506 e. The van der Waals surface area contributed by atoms with Gasteiger partial charge in [0.25, 0.3) is 0 Å². The molecule has 3 aliphatic rings. The fourth-order valence-corrected chi connectivity index (χ4v) is 7.12. The van der Waals surface area contributed by atoms with Crippen molar-refractivity contribution in [1.82, 2.24) is 20.1 Å². The van der Waals surface area contributed by atoms with E-state index in [2.05, 4.69) is 39.5 Å². The number of aliphatic hydroxyl groups is 1. The highest BCUT2D eigenvalue weighted by molar-refractivity contribution is 5.87. The lowest BCUT2D eigenvalue weighted by Gasteiger charge is -2.23. The van der Waals surface area contributed by atoms with Crippen LogP contribution in [0.15, 0.2) is 53.3 Å². The molecule has 2 aromatic carbocycles. The first-order valence-corrected chi connectivity index (χ1v) is 16.4. The molecule has 1 aliphatic heterocycles. The summed E-state index contributed by atoms with van der Waals surface area (Å²) in [6.07, 6.45) is 6.69. The molecule has 1 aromatic heterocycles. The number of benzene rings is 2. The first kappa shape index (κ1) is 30.8. The van der Waals surface area contributed by atoms with Gasteiger partial charge in [0, 0.05) is 56.8 Å². The summed E-state index contributed by atoms with van der Waals surface area (Å²) in [5.74, 6) is 1.94. The Balaban J connectivity index is 0.876. The number of phenolic OH excluding ortho intramolecular Hbond substituents is 1. The van der Waals surface area contributed by atoms with Crippen LogP contribution in [-0.2, 0) is 22.5 Å². The van der Waals surface area contributed by atoms with Crippen LogP contribution in [0.5, 0.6) is 5.75 Å². The lowest BCUT2D eigenvalue weighted by atomic mass is 10.0. The highest BCUT2D eigenvalue weighted by Crippen LogP contribution is 2.38. The van der Waals surface area contributed by atoms with E-state index in [0.29, 0.717) is 55.2 Å². The monoisotopic (exact) mass is 602 g/mol. The Morgan fingerprint density at radius 3 is 2.50 bits per heavy atom. The molecule has 3 fully saturated rings. The number of pyridine rings is 1. The number of fused-ring (bicyclic) bond motifs is 2. The Morgan fingerprint density at radius 2 is 1.75 bits per heavy atom. The average molecular weight is 603 g/mol. The number of aliphatic hydroxyl groups excluding tert-OH is 1. The molecule has 2 heterocycles. The zero-order valence-corrected chi connectivity index (χ0v) is 25.5. The average Bonchev–Trinajstić information content (AvgIpc) is 3.64. The number of aromatic amines is 1. The molecule has 0 unspecified atom stereocenters. The van der Waals surface area contributed by atoms with Crippen molar-refractivity contribution in [2.75, 3.05) is 45.9 Å². The van der Waals surface area contributed by atoms with Gasteiger partial charge in [0.15, 0.2) is 0 Å². The van der Waals surface area contributed by atoms with Gasteiger partial charge < -0.3 is 30.2 Å². The number of carbonyl (C=O) groups is 1. The third-order valence-corrected chi connectivity index (χ3v) is 9.67. The second-order valence-electron chi connectivity index (χ2n) is 12.9. The van der Waals surface area contributed by atoms with Crippen molar-refractivity contribution in [3.8, 4) is 5.75 Å². The van der Waals surface area contributed by atoms with Crippen molar-refractivity contribution in [2.45, 2.75) is 63.6 Å². The number of phenols is 1. The molecular formula is C35H46N4O5. The molecule has 6 rings (SSSR count). The van der Waals surface area contributed by atoms with E-state index in [4.69, 9.17) is 4.74 Å². The molecule has 4 N–H and O–H groups in total. The summed E-state index contributed by atoms with van der Waals surface area (Å²) >= 11 is 0. The van der Waals surface area contributed by atoms with E-state index in [1.807, 2.05) is 4.90 Å². The minimum atomic E-state index is -0.830. The number of aromatic hydroxyl groups is 1. The fraction of sp³-hybridized carbons (Fsp3) is 0.543. The Hall–Kier alpha value is -3.24. The van der Waals surface area contributed by atoms with Crippen molar-refractivity contribution >= 4 is 16.8 Å². The summed E-state index contributed by atoms with van der Waals surface area (Å²) in [6.45, 7) is 6.02. The fourth-order valence-electron chi connectivity index (χ4n) is 7.12. The van der Waals surface area contributed by atoms with E-state index in [-0.39, 0.29) is 23.8 Å². The van der Waals surface area contributed by atoms with Gasteiger partial charge in [-0.2, -0.15) is 0 Å². The SMILES string of the molecule is O=C(CCOCCc1ccc(CN2C[C@H]3CCC[C@H]3C2)cc1)N(CCNC[C@H](O)c1ccc(O)c2[nH]c(=O)ccc12)C1CC1. The van der Waals surface area contributed by atoms with Crippen LogP contribution < -0.4 is 10.9 Å². The van der Waals surface area contributed by atoms with Crippen molar-refractivity contribution in [1.29, 1.82) is 0 Å². The molecule has 0 radical (unpaired) electrons. The van der Waals surface area contributed by atoms with Crippen LogP contribution in [0.1, 0.15) is 61.3 Å². The number of ether oxygens (including phenoxy) is 1. The zero-order chi connectivity index (χ0) is 30.5. The number of H-pyrrole nitrogens is 1. The van der Waals surface area contributed by atoms with E-state index in [1.165, 1.54) is 55.6 Å². The van der Waals surface area contributed by atoms with Crippen molar-refractivity contribution in [3.63, 3.8) is 0 Å². The standard InChI is InChI=1S/C35H46N4O5/c40-31-12-10-29(30-11-13-33(42)37-35(30)31)32(41)20-36-16-17-39(28-8-9-28)34(43)15-19-44-18-14-24-4-6-25(7-5-24)21-38-22-26-2-1-3-27(26)23-38/h4-7,10-13,26-28,32,36,40-41H,1-3,8-9,14-23H2,(H,37,42)/t26-,27+,32-/m0/s1. The van der Waals surface area contributed by atoms with Gasteiger partial charge in [-0.05, 0) is 72.8 Å². The van der Waals surface area contributed by atoms with Gasteiger partial charge in [-0.1, -0.05) is 36.8 Å². The number of aromatic nitrogens is 1. The lowest BCUT2D eigenvalue weighted by molar-refractivity contribution is -0.132. The molecule has 1 saturated heterocycles. The highest BCUT2D eigenvalue weighted by Gasteiger charge is 2.35. The van der Waals surface area contributed by atoms with Crippen LogP contribution in [0.3, 0.4) is 0 Å². The van der Waals surface area contributed by atoms with Crippen LogP contribution in [0, 0.1) is 11.8 Å². The molecule has 2 saturated carbocycles. The normalized spacial score (nSPS) is 20.7. The number of rotatable bonds is 15. The summed E-state index contributed by atoms with van der Waals surface area (Å²) in [5.41, 5.74) is 3.27. The number of amides is 1. The molecule has 44 heavy (non-hydrogen) atoms. The van der Waals surface area contributed by atoms with E-state index < -0.39 is 6.10 Å². The number of carbonyl (C=O) groups excluding carboxylic acids is 1. The van der Waals surface area contributed by atoms with Crippen LogP contribution in [0.25, 0.3) is 10.9 Å². The van der Waals surface area contributed by atoms with Gasteiger partial charge in [-0.25, -0.2) is 0 Å². The topological polar surface area (TPSA) is 118 Å². The van der Waals surface area contributed by atoms with Crippen LogP contribution in [0.4, 0.5) is 0 Å². The first-order chi connectivity index (χ1) is 21.4. The van der Waals surface area contributed by atoms with Crippen molar-refractivity contribution in [2.24, 2.45) is 11.8 Å². The molecule has 0 spiro atoms. The third-order valence-electron chi connectivity index (χ3n) is 9.67. The second-order valence-corrected chi connectivity index (χ2v) is 12.9. The number of nitrogens with one attached hydrogen (secondary N) is 2. The predicted molar refractivity (Wildman–Crippen MR) is 170 cm³/mol. The Labute approximate surface area is 259 Å². The maximum atomic E-state index is 13.0. The molecule has 9 nitrogen and oxygen atoms in total. The minimum absolute atomic E-state index is 0.0346. The summed E-state index contributed by atoms with van der Waals surface area (Å²) in [4.78, 5) is 31.8. The molecule has 236 valence electrons. The first-order valence-electron chi connectivity index (χ1n) is 16.4. The summed E-state index contributed by atoms with van der Waals surface area (Å²) < 4.78 is 5.85. The number of hydrogen-bond acceptors (Lipinski definition) is 7. The van der Waals surface area contributed by atoms with Crippen LogP contribution in [0.2, 0.25) is 0 Å². The predicted octanol–water partition coefficient (Wildman–Crippen LogP) is 3.73. The van der Waals surface area contributed by atoms with Crippen LogP contribution in [-0.4, -0.2) is 82.9 Å². The van der Waals surface area contributed by atoms with Gasteiger partial charge in [0.1, 0.15) is 5.75 Å². The van der Waals surface area contributed by atoms with E-state index >= 15 is 0 Å². The van der Waals surface area contributed by atoms with E-state index in [9.17, 15) is 19.8 Å². The van der Waals surface area contributed by atoms with E-state index in [0.717, 1.165) is 37.6 Å². The van der Waals surface area contributed by atoms with Gasteiger partial charge in [-0.3, -0.25) is 14.5 Å². The Kier molecular flexibility index (Phi) is 9.96. The number of nitrogens with zero attached hydrogens (tertiary/aromatic N) is 2. The zero-order valence-electron chi connectivity index (χ0n) is 25.5. The highest BCUT2D eigenvalue weighted by atomic mass is 16.5. The number of hydrogen-bond donors (Lipinski definition) is 4. The van der Waals surface area contributed by atoms with Gasteiger partial charge in [0.2, 0.25) is 11.5 Å². The van der Waals surface area contributed by atoms with Gasteiger partial charge in [-0.15, -0.1) is 0 Å². The maximum Gasteiger partial charge on any atom is 0.248 e. The Morgan fingerprint density at radius 1 is 1.00 bits per heavy atom. The largest absolute Gasteiger partial charge is 0.506 e. The van der Waals surface area contributed by atoms with Crippen molar-refractivity contribution in [3.05, 3.63) is 75.6 Å². The summed E-state index contributed by atoms with van der Waals surface area (Å²) in [5, 5.41) is 24.7. The molecule has 0 bridgehead atoms. The Bertz CT molecular complexity index is 1460. The van der Waals surface area contributed by atoms with Gasteiger partial charge >= 0.3 is 0 Å². The second kappa shape index (κ2) is 14.2. The van der Waals surface area contributed by atoms with Gasteiger partial charge in [0.05, 0.1) is 31.3 Å². The molecule has 9 heteroatoms. The molecule has 1 amide bonds. The van der Waals surface area contributed by atoms with Crippen LogP contribution >= 0.6 is 0 Å². The summed E-state index contributed by atoms with van der Waals surface area (Å²) in [6, 6.07) is 15.4. The van der Waals surface area contributed by atoms with Crippen molar-refractivity contribution < 1.29 is 19.7 Å². The summed E-state index contributed by atoms with van der Waals surface area (Å²) in [7, 11) is 0. The number of likely N-dealkylation sites (tertiary alicyclic amines) is 1. The molecule has 3 atom stereocenters. The maximum absolute atomic E-state index is 13.0. The third kappa shape index (κ3) is 7.69.